The Labute approximate surface area is 131 Å². The maximum Gasteiger partial charge on any atom is 0.131 e. The third-order valence-corrected chi connectivity index (χ3v) is 3.58. The summed E-state index contributed by atoms with van der Waals surface area (Å²) in [5.74, 6) is 1.54. The van der Waals surface area contributed by atoms with E-state index in [4.69, 9.17) is 9.47 Å². The largest absolute Gasteiger partial charge is 0.497 e. The molecule has 2 N–H and O–H groups in total. The first-order valence-electron chi connectivity index (χ1n) is 7.27. The lowest BCUT2D eigenvalue weighted by atomic mass is 10.1. The van der Waals surface area contributed by atoms with Crippen molar-refractivity contribution in [2.45, 2.75) is 6.54 Å². The Kier molecular flexibility index (Phi) is 5.80. The van der Waals surface area contributed by atoms with E-state index < -0.39 is 0 Å². The highest BCUT2D eigenvalue weighted by molar-refractivity contribution is 5.70. The topological polar surface area (TPSA) is 62.4 Å². The fourth-order valence-corrected chi connectivity index (χ4v) is 2.34. The van der Waals surface area contributed by atoms with E-state index in [0.717, 1.165) is 48.0 Å². The maximum absolute atomic E-state index is 5.49. The minimum Gasteiger partial charge on any atom is -0.497 e. The molecule has 0 aliphatic carbocycles. The normalized spacial score (nSPS) is 11.0. The van der Waals surface area contributed by atoms with Gasteiger partial charge < -0.3 is 19.7 Å². The molecule has 6 nitrogen and oxygen atoms in total. The molecule has 0 unspecified atom stereocenters. The van der Waals surface area contributed by atoms with Crippen molar-refractivity contribution in [1.82, 2.24) is 20.4 Å². The van der Waals surface area contributed by atoms with E-state index in [1.807, 2.05) is 31.4 Å². The Bertz CT molecular complexity index is 598. The average molecular weight is 304 g/mol. The molecule has 2 aromatic rings. The molecule has 0 aliphatic heterocycles. The first kappa shape index (κ1) is 16.3. The van der Waals surface area contributed by atoms with Gasteiger partial charge in [0.2, 0.25) is 0 Å². The molecular weight excluding hydrogens is 280 g/mol. The van der Waals surface area contributed by atoms with Gasteiger partial charge in [0, 0.05) is 36.8 Å². The second-order valence-corrected chi connectivity index (χ2v) is 5.18. The molecule has 22 heavy (non-hydrogen) atoms. The third kappa shape index (κ3) is 3.78. The lowest BCUT2D eigenvalue weighted by molar-refractivity contribution is 0.328. The molecule has 2 rings (SSSR count). The molecule has 0 amide bonds. The van der Waals surface area contributed by atoms with Crippen LogP contribution in [0.25, 0.3) is 11.3 Å². The van der Waals surface area contributed by atoms with Gasteiger partial charge in [-0.25, -0.2) is 0 Å². The molecule has 120 valence electrons. The van der Waals surface area contributed by atoms with Crippen molar-refractivity contribution in [3.63, 3.8) is 0 Å². The number of nitrogens with zero attached hydrogens (tertiary/aromatic N) is 2. The summed E-state index contributed by atoms with van der Waals surface area (Å²) in [6, 6.07) is 5.79. The number of benzene rings is 1. The molecule has 1 aromatic carbocycles. The summed E-state index contributed by atoms with van der Waals surface area (Å²) < 4.78 is 10.7. The molecule has 0 saturated heterocycles. The van der Waals surface area contributed by atoms with Gasteiger partial charge in [0.05, 0.1) is 26.1 Å². The van der Waals surface area contributed by atoms with Crippen LogP contribution in [0.3, 0.4) is 0 Å². The first-order valence-corrected chi connectivity index (χ1v) is 7.27. The summed E-state index contributed by atoms with van der Waals surface area (Å²) >= 11 is 0. The van der Waals surface area contributed by atoms with Gasteiger partial charge in [-0.2, -0.15) is 5.10 Å². The number of hydrogen-bond acceptors (Lipinski definition) is 5. The predicted molar refractivity (Wildman–Crippen MR) is 87.4 cm³/mol. The fourth-order valence-electron chi connectivity index (χ4n) is 2.34. The summed E-state index contributed by atoms with van der Waals surface area (Å²) in [4.78, 5) is 2.25. The van der Waals surface area contributed by atoms with Crippen LogP contribution in [0.2, 0.25) is 0 Å². The zero-order valence-electron chi connectivity index (χ0n) is 13.6. The van der Waals surface area contributed by atoms with E-state index in [9.17, 15) is 0 Å². The first-order chi connectivity index (χ1) is 10.7. The van der Waals surface area contributed by atoms with Crippen LogP contribution in [-0.4, -0.2) is 56.5 Å². The van der Waals surface area contributed by atoms with Crippen LogP contribution in [0, 0.1) is 0 Å². The molecule has 0 aliphatic rings. The van der Waals surface area contributed by atoms with Crippen LogP contribution in [0.15, 0.2) is 24.4 Å². The highest BCUT2D eigenvalue weighted by atomic mass is 16.5. The van der Waals surface area contributed by atoms with Crippen LogP contribution in [0.5, 0.6) is 11.5 Å². The monoisotopic (exact) mass is 304 g/mol. The molecule has 0 fully saturated rings. The quantitative estimate of drug-likeness (QED) is 0.778. The number of aromatic amines is 1. The van der Waals surface area contributed by atoms with Crippen LogP contribution < -0.4 is 14.8 Å². The van der Waals surface area contributed by atoms with Crippen molar-refractivity contribution in [3.8, 4) is 22.8 Å². The summed E-state index contributed by atoms with van der Waals surface area (Å²) in [7, 11) is 7.36. The van der Waals surface area contributed by atoms with E-state index in [-0.39, 0.29) is 0 Å². The Morgan fingerprint density at radius 3 is 2.77 bits per heavy atom. The van der Waals surface area contributed by atoms with Gasteiger partial charge in [0.15, 0.2) is 0 Å². The number of nitrogens with one attached hydrogen (secondary N) is 2. The van der Waals surface area contributed by atoms with Gasteiger partial charge in [0.25, 0.3) is 0 Å². The zero-order chi connectivity index (χ0) is 15.9. The van der Waals surface area contributed by atoms with Crippen LogP contribution in [0.1, 0.15) is 5.56 Å². The van der Waals surface area contributed by atoms with Gasteiger partial charge in [-0.15, -0.1) is 0 Å². The van der Waals surface area contributed by atoms with Gasteiger partial charge in [-0.05, 0) is 26.2 Å². The maximum atomic E-state index is 5.49. The van der Waals surface area contributed by atoms with Crippen LogP contribution in [0.4, 0.5) is 0 Å². The molecule has 0 bridgehead atoms. The molecule has 0 spiro atoms. The Balaban J connectivity index is 2.25. The van der Waals surface area contributed by atoms with Gasteiger partial charge >= 0.3 is 0 Å². The Morgan fingerprint density at radius 1 is 1.27 bits per heavy atom. The minimum absolute atomic E-state index is 0.766. The lowest BCUT2D eigenvalue weighted by Crippen LogP contribution is -2.27. The van der Waals surface area contributed by atoms with Crippen molar-refractivity contribution in [3.05, 3.63) is 30.0 Å². The number of ether oxygens (including phenoxy) is 2. The second kappa shape index (κ2) is 7.82. The predicted octanol–water partition coefficient (Wildman–Crippen LogP) is 1.75. The van der Waals surface area contributed by atoms with Crippen molar-refractivity contribution in [2.24, 2.45) is 0 Å². The molecule has 1 heterocycles. The smallest absolute Gasteiger partial charge is 0.131 e. The molecule has 0 atom stereocenters. The summed E-state index contributed by atoms with van der Waals surface area (Å²) in [6.07, 6.45) is 1.87. The second-order valence-electron chi connectivity index (χ2n) is 5.18. The van der Waals surface area contributed by atoms with E-state index in [0.29, 0.717) is 0 Å². The Morgan fingerprint density at radius 2 is 2.09 bits per heavy atom. The van der Waals surface area contributed by atoms with Gasteiger partial charge in [-0.1, -0.05) is 0 Å². The van der Waals surface area contributed by atoms with Gasteiger partial charge in [0.1, 0.15) is 11.5 Å². The highest BCUT2D eigenvalue weighted by Gasteiger charge is 2.14. The zero-order valence-corrected chi connectivity index (χ0v) is 13.6. The van der Waals surface area contributed by atoms with Gasteiger partial charge in [-0.3, -0.25) is 5.10 Å². The van der Waals surface area contributed by atoms with E-state index >= 15 is 0 Å². The lowest BCUT2D eigenvalue weighted by Gasteiger charge is -2.17. The SMILES string of the molecule is CNCCN(C)Cc1cn[nH]c1-c1ccc(OC)cc1OC. The average Bonchev–Trinajstić information content (AvgIpc) is 3.00. The Hall–Kier alpha value is -2.05. The standard InChI is InChI=1S/C16H24N4O2/c1-17-7-8-20(2)11-12-10-18-19-16(12)14-6-5-13(21-3)9-15(14)22-4/h5-6,9-10,17H,7-8,11H2,1-4H3,(H,18,19). The number of methoxy groups -OCH3 is 2. The van der Waals surface area contributed by atoms with Crippen molar-refractivity contribution in [2.75, 3.05) is 41.4 Å². The highest BCUT2D eigenvalue weighted by Crippen LogP contribution is 2.34. The fraction of sp³-hybridized carbons (Fsp3) is 0.438. The van der Waals surface area contributed by atoms with Crippen molar-refractivity contribution < 1.29 is 9.47 Å². The number of rotatable bonds is 8. The van der Waals surface area contributed by atoms with Crippen LogP contribution >= 0.6 is 0 Å². The molecular formula is C16H24N4O2. The van der Waals surface area contributed by atoms with E-state index in [2.05, 4.69) is 27.5 Å². The van der Waals surface area contributed by atoms with Crippen molar-refractivity contribution in [1.29, 1.82) is 0 Å². The molecule has 6 heteroatoms. The van der Waals surface area contributed by atoms with Crippen molar-refractivity contribution >= 4 is 0 Å². The molecule has 1 aromatic heterocycles. The number of aromatic nitrogens is 2. The summed E-state index contributed by atoms with van der Waals surface area (Å²) in [5.41, 5.74) is 3.11. The molecule has 0 saturated carbocycles. The number of likely N-dealkylation sites (N-methyl/N-ethyl adjacent to an activating group) is 2. The summed E-state index contributed by atoms with van der Waals surface area (Å²) in [5, 5.41) is 10.4. The van der Waals surface area contributed by atoms with E-state index in [1.165, 1.54) is 0 Å². The number of H-pyrrole nitrogens is 1. The minimum atomic E-state index is 0.766. The van der Waals surface area contributed by atoms with Crippen LogP contribution in [-0.2, 0) is 6.54 Å². The number of hydrogen-bond donors (Lipinski definition) is 2. The van der Waals surface area contributed by atoms with E-state index in [1.54, 1.807) is 14.2 Å². The summed E-state index contributed by atoms with van der Waals surface area (Å²) in [6.45, 7) is 2.75. The molecule has 0 radical (unpaired) electrons. The third-order valence-electron chi connectivity index (χ3n) is 3.58.